The Balaban J connectivity index is 1.94. The quantitative estimate of drug-likeness (QED) is 0.847. The number of anilines is 1. The lowest BCUT2D eigenvalue weighted by Gasteiger charge is -2.29. The second-order valence-electron chi connectivity index (χ2n) is 5.24. The van der Waals surface area contributed by atoms with Gasteiger partial charge in [0.15, 0.2) is 0 Å². The van der Waals surface area contributed by atoms with Crippen LogP contribution in [0.2, 0.25) is 0 Å². The number of hydrogen-bond donors (Lipinski definition) is 1. The minimum absolute atomic E-state index is 0.313. The number of rotatable bonds is 2. The van der Waals surface area contributed by atoms with Gasteiger partial charge in [0.2, 0.25) is 0 Å². The SMILES string of the molecule is COc1ccccc1C1CCc2cc(C)c(Br)cc2N1. The molecule has 2 nitrogen and oxygen atoms in total. The highest BCUT2D eigenvalue weighted by atomic mass is 79.9. The Kier molecular flexibility index (Phi) is 3.70. The Labute approximate surface area is 128 Å². The van der Waals surface area contributed by atoms with E-state index in [1.807, 2.05) is 12.1 Å². The highest BCUT2D eigenvalue weighted by molar-refractivity contribution is 9.10. The smallest absolute Gasteiger partial charge is 0.124 e. The van der Waals surface area contributed by atoms with Crippen LogP contribution in [-0.2, 0) is 6.42 Å². The number of halogens is 1. The molecule has 0 amide bonds. The van der Waals surface area contributed by atoms with E-state index < -0.39 is 0 Å². The van der Waals surface area contributed by atoms with Gasteiger partial charge in [-0.3, -0.25) is 0 Å². The maximum Gasteiger partial charge on any atom is 0.124 e. The Hall–Kier alpha value is -1.48. The van der Waals surface area contributed by atoms with Gasteiger partial charge in [0.25, 0.3) is 0 Å². The lowest BCUT2D eigenvalue weighted by Crippen LogP contribution is -2.18. The van der Waals surface area contributed by atoms with E-state index >= 15 is 0 Å². The summed E-state index contributed by atoms with van der Waals surface area (Å²) in [6.45, 7) is 2.14. The third-order valence-electron chi connectivity index (χ3n) is 3.93. The number of fused-ring (bicyclic) bond motifs is 1. The van der Waals surface area contributed by atoms with Crippen molar-refractivity contribution in [1.29, 1.82) is 0 Å². The molecule has 0 saturated heterocycles. The van der Waals surface area contributed by atoms with Crippen LogP contribution in [0.25, 0.3) is 0 Å². The average Bonchev–Trinajstić information content (AvgIpc) is 2.48. The summed E-state index contributed by atoms with van der Waals surface area (Å²) in [7, 11) is 1.73. The Morgan fingerprint density at radius 2 is 2.05 bits per heavy atom. The lowest BCUT2D eigenvalue weighted by molar-refractivity contribution is 0.405. The normalized spacial score (nSPS) is 17.2. The third kappa shape index (κ3) is 2.42. The zero-order chi connectivity index (χ0) is 14.1. The fourth-order valence-corrected chi connectivity index (χ4v) is 3.17. The van der Waals surface area contributed by atoms with Crippen molar-refractivity contribution in [3.63, 3.8) is 0 Å². The molecule has 1 unspecified atom stereocenters. The summed E-state index contributed by atoms with van der Waals surface area (Å²) in [6.07, 6.45) is 2.19. The van der Waals surface area contributed by atoms with Gasteiger partial charge < -0.3 is 10.1 Å². The molecule has 20 heavy (non-hydrogen) atoms. The number of aryl methyl sites for hydroxylation is 2. The molecule has 0 aromatic heterocycles. The van der Waals surface area contributed by atoms with Crippen molar-refractivity contribution in [3.05, 3.63) is 57.6 Å². The summed E-state index contributed by atoms with van der Waals surface area (Å²) >= 11 is 3.61. The Morgan fingerprint density at radius 1 is 1.25 bits per heavy atom. The number of methoxy groups -OCH3 is 1. The van der Waals surface area contributed by atoms with E-state index in [1.165, 1.54) is 22.4 Å². The molecule has 2 aromatic carbocycles. The zero-order valence-corrected chi connectivity index (χ0v) is 13.3. The van der Waals surface area contributed by atoms with Crippen LogP contribution in [0.1, 0.15) is 29.2 Å². The van der Waals surface area contributed by atoms with Gasteiger partial charge in [-0.15, -0.1) is 0 Å². The molecule has 0 saturated carbocycles. The van der Waals surface area contributed by atoms with Crippen LogP contribution in [0.4, 0.5) is 5.69 Å². The molecule has 2 aromatic rings. The molecule has 0 fully saturated rings. The van der Waals surface area contributed by atoms with Gasteiger partial charge in [-0.2, -0.15) is 0 Å². The molecule has 0 bridgehead atoms. The fraction of sp³-hybridized carbons (Fsp3) is 0.294. The Bertz CT molecular complexity index is 639. The minimum atomic E-state index is 0.313. The van der Waals surface area contributed by atoms with Crippen molar-refractivity contribution < 1.29 is 4.74 Å². The van der Waals surface area contributed by atoms with Gasteiger partial charge in [-0.1, -0.05) is 40.2 Å². The molecule has 1 N–H and O–H groups in total. The predicted molar refractivity (Wildman–Crippen MR) is 86.6 cm³/mol. The van der Waals surface area contributed by atoms with E-state index in [-0.39, 0.29) is 0 Å². The van der Waals surface area contributed by atoms with E-state index in [4.69, 9.17) is 4.74 Å². The molecule has 3 rings (SSSR count). The first-order valence-electron chi connectivity index (χ1n) is 6.87. The van der Waals surface area contributed by atoms with E-state index in [1.54, 1.807) is 7.11 Å². The fourth-order valence-electron chi connectivity index (χ4n) is 2.83. The molecule has 3 heteroatoms. The summed E-state index contributed by atoms with van der Waals surface area (Å²) in [6, 6.07) is 13.0. The number of hydrogen-bond acceptors (Lipinski definition) is 2. The van der Waals surface area contributed by atoms with Crippen LogP contribution in [0.15, 0.2) is 40.9 Å². The van der Waals surface area contributed by atoms with Crippen LogP contribution in [-0.4, -0.2) is 7.11 Å². The second-order valence-corrected chi connectivity index (χ2v) is 6.09. The van der Waals surface area contributed by atoms with Crippen molar-refractivity contribution in [2.24, 2.45) is 0 Å². The molecule has 0 aliphatic carbocycles. The van der Waals surface area contributed by atoms with E-state index in [2.05, 4.69) is 52.4 Å². The lowest BCUT2D eigenvalue weighted by atomic mass is 9.92. The number of nitrogens with one attached hydrogen (secondary N) is 1. The zero-order valence-electron chi connectivity index (χ0n) is 11.7. The van der Waals surface area contributed by atoms with Crippen molar-refractivity contribution in [2.45, 2.75) is 25.8 Å². The van der Waals surface area contributed by atoms with Crippen LogP contribution in [0, 0.1) is 6.92 Å². The highest BCUT2D eigenvalue weighted by Gasteiger charge is 2.22. The van der Waals surface area contributed by atoms with Crippen molar-refractivity contribution in [2.75, 3.05) is 12.4 Å². The third-order valence-corrected chi connectivity index (χ3v) is 4.79. The first kappa shape index (κ1) is 13.5. The van der Waals surface area contributed by atoms with Crippen molar-refractivity contribution in [1.82, 2.24) is 0 Å². The topological polar surface area (TPSA) is 21.3 Å². The summed E-state index contributed by atoms with van der Waals surface area (Å²) in [4.78, 5) is 0. The van der Waals surface area contributed by atoms with Gasteiger partial charge in [-0.25, -0.2) is 0 Å². The average molecular weight is 332 g/mol. The molecular formula is C17H18BrNO. The molecule has 104 valence electrons. The summed E-state index contributed by atoms with van der Waals surface area (Å²) < 4.78 is 6.64. The van der Waals surface area contributed by atoms with E-state index in [9.17, 15) is 0 Å². The largest absolute Gasteiger partial charge is 0.496 e. The van der Waals surface area contributed by atoms with E-state index in [0.29, 0.717) is 6.04 Å². The van der Waals surface area contributed by atoms with Gasteiger partial charge >= 0.3 is 0 Å². The van der Waals surface area contributed by atoms with Gasteiger partial charge in [0.05, 0.1) is 13.2 Å². The molecule has 0 radical (unpaired) electrons. The number of para-hydroxylation sites is 1. The van der Waals surface area contributed by atoms with Crippen LogP contribution >= 0.6 is 15.9 Å². The number of ether oxygens (including phenoxy) is 1. The maximum absolute atomic E-state index is 5.48. The summed E-state index contributed by atoms with van der Waals surface area (Å²) in [5.41, 5.74) is 5.15. The van der Waals surface area contributed by atoms with Gasteiger partial charge in [0.1, 0.15) is 5.75 Å². The van der Waals surface area contributed by atoms with Crippen LogP contribution < -0.4 is 10.1 Å². The first-order valence-corrected chi connectivity index (χ1v) is 7.67. The van der Waals surface area contributed by atoms with Crippen molar-refractivity contribution in [3.8, 4) is 5.75 Å². The molecule has 1 aliphatic heterocycles. The molecule has 1 aliphatic rings. The van der Waals surface area contributed by atoms with Gasteiger partial charge in [0, 0.05) is 15.7 Å². The summed E-state index contributed by atoms with van der Waals surface area (Å²) in [5, 5.41) is 3.65. The standard InChI is InChI=1S/C17H18BrNO/c1-11-9-12-7-8-15(19-16(12)10-14(11)18)13-5-3-4-6-17(13)20-2/h3-6,9-10,15,19H,7-8H2,1-2H3. The highest BCUT2D eigenvalue weighted by Crippen LogP contribution is 2.38. The molecular weight excluding hydrogens is 314 g/mol. The molecule has 1 heterocycles. The van der Waals surface area contributed by atoms with Crippen LogP contribution in [0.3, 0.4) is 0 Å². The van der Waals surface area contributed by atoms with Gasteiger partial charge in [-0.05, 0) is 43.0 Å². The summed E-state index contributed by atoms with van der Waals surface area (Å²) in [5.74, 6) is 0.958. The number of benzene rings is 2. The van der Waals surface area contributed by atoms with E-state index in [0.717, 1.165) is 23.1 Å². The maximum atomic E-state index is 5.48. The second kappa shape index (κ2) is 5.49. The predicted octanol–water partition coefficient (Wildman–Crippen LogP) is 4.87. The minimum Gasteiger partial charge on any atom is -0.496 e. The Morgan fingerprint density at radius 3 is 2.85 bits per heavy atom. The monoisotopic (exact) mass is 331 g/mol. The van der Waals surface area contributed by atoms with Crippen LogP contribution in [0.5, 0.6) is 5.75 Å². The molecule has 1 atom stereocenters. The van der Waals surface area contributed by atoms with Crippen molar-refractivity contribution >= 4 is 21.6 Å². The molecule has 0 spiro atoms. The first-order chi connectivity index (χ1) is 9.69.